The fourth-order valence-electron chi connectivity index (χ4n) is 0.368. The number of nitrogens with zero attached hydrogens (tertiary/aromatic N) is 1. The number of rotatable bonds is 1. The zero-order valence-corrected chi connectivity index (χ0v) is 3.92. The van der Waals surface area contributed by atoms with Crippen LogP contribution in [0.25, 0.3) is 0 Å². The highest BCUT2D eigenvalue weighted by molar-refractivity contribution is 5.84. The van der Waals surface area contributed by atoms with Crippen molar-refractivity contribution in [2.24, 2.45) is 0 Å². The lowest BCUT2D eigenvalue weighted by molar-refractivity contribution is 0.0567. The first-order chi connectivity index (χ1) is 3.80. The first kappa shape index (κ1) is 4.83. The third-order valence-electron chi connectivity index (χ3n) is 0.718. The molecule has 8 heavy (non-hydrogen) atoms. The highest BCUT2D eigenvalue weighted by atomic mass is 16.4. The van der Waals surface area contributed by atoms with Gasteiger partial charge >= 0.3 is 5.97 Å². The number of hydrogen-bond donors (Lipinski definition) is 1. The lowest BCUT2D eigenvalue weighted by Crippen LogP contribution is -1.92. The van der Waals surface area contributed by atoms with E-state index in [-0.39, 0.29) is 5.69 Å². The summed E-state index contributed by atoms with van der Waals surface area (Å²) in [6.45, 7) is 0. The first-order valence-corrected chi connectivity index (χ1v) is 2.00. The number of aromatic amines is 1. The predicted octanol–water partition coefficient (Wildman–Crippen LogP) is -0.0196. The highest BCUT2D eigenvalue weighted by Gasteiger charge is 2.02. The van der Waals surface area contributed by atoms with Crippen LogP contribution < -0.4 is 0 Å². The Morgan fingerprint density at radius 3 is 2.75 bits per heavy atom. The molecule has 0 saturated carbocycles. The third kappa shape index (κ3) is 0.676. The maximum atomic E-state index is 9.88. The van der Waals surface area contributed by atoms with Gasteiger partial charge in [-0.3, -0.25) is 0 Å². The topological polar surface area (TPSA) is 65.7 Å². The Morgan fingerprint density at radius 2 is 2.50 bits per heavy atom. The van der Waals surface area contributed by atoms with Gasteiger partial charge in [0.05, 0.1) is 12.5 Å². The second-order valence-corrected chi connectivity index (χ2v) is 1.25. The minimum Gasteiger partial charge on any atom is -0.339 e. The van der Waals surface area contributed by atoms with Gasteiger partial charge in [0.15, 0.2) is 0 Å². The molecule has 0 aliphatic carbocycles. The summed E-state index contributed by atoms with van der Waals surface area (Å²) in [6.07, 6.45) is 2.47. The van der Waals surface area contributed by atoms with Crippen LogP contribution in [0.1, 0.15) is 10.5 Å². The summed E-state index contributed by atoms with van der Waals surface area (Å²) >= 11 is 0. The zero-order valence-electron chi connectivity index (χ0n) is 3.92. The molecule has 1 N–H and O–H groups in total. The van der Waals surface area contributed by atoms with Gasteiger partial charge in [-0.25, -0.2) is 14.9 Å². The lowest BCUT2D eigenvalue weighted by atomic mass is 10.5. The van der Waals surface area contributed by atoms with Crippen LogP contribution in [0.4, 0.5) is 0 Å². The number of H-pyrrole nitrogens is 1. The van der Waals surface area contributed by atoms with E-state index in [2.05, 4.69) is 9.97 Å². The second-order valence-electron chi connectivity index (χ2n) is 1.25. The Kier molecular flexibility index (Phi) is 0.997. The fraction of sp³-hybridized carbons (Fsp3) is 0. The molecule has 4 heteroatoms. The molecule has 0 atom stereocenters. The van der Waals surface area contributed by atoms with Gasteiger partial charge in [-0.1, -0.05) is 0 Å². The van der Waals surface area contributed by atoms with Crippen LogP contribution in [0.5, 0.6) is 0 Å². The minimum absolute atomic E-state index is 0.00463. The Labute approximate surface area is 45.2 Å². The van der Waals surface area contributed by atoms with E-state index in [1.807, 2.05) is 0 Å². The molecule has 0 fully saturated rings. The van der Waals surface area contributed by atoms with E-state index < -0.39 is 5.97 Å². The number of imidazole rings is 1. The summed E-state index contributed by atoms with van der Waals surface area (Å²) < 4.78 is 0. The third-order valence-corrected chi connectivity index (χ3v) is 0.718. The minimum atomic E-state index is -1.23. The summed E-state index contributed by atoms with van der Waals surface area (Å²) in [5, 5.41) is 9.88. The fourth-order valence-corrected chi connectivity index (χ4v) is 0.368. The molecule has 1 rings (SSSR count). The largest absolute Gasteiger partial charge is 0.403 e. The van der Waals surface area contributed by atoms with Gasteiger partial charge in [-0.05, 0) is 0 Å². The zero-order chi connectivity index (χ0) is 5.98. The van der Waals surface area contributed by atoms with Crippen LogP contribution in [0, 0.1) is 0 Å². The smallest absolute Gasteiger partial charge is 0.339 e. The van der Waals surface area contributed by atoms with Gasteiger partial charge in [0.1, 0.15) is 5.69 Å². The summed E-state index contributed by atoms with van der Waals surface area (Å²) in [4.78, 5) is 15.7. The molecule has 0 saturated heterocycles. The molecule has 0 unspecified atom stereocenters. The predicted molar refractivity (Wildman–Crippen MR) is 23.6 cm³/mol. The first-order valence-electron chi connectivity index (χ1n) is 2.00. The van der Waals surface area contributed by atoms with Crippen LogP contribution in [0.3, 0.4) is 0 Å². The molecule has 0 aliphatic heterocycles. The van der Waals surface area contributed by atoms with E-state index in [0.717, 1.165) is 0 Å². The molecule has 0 spiro atoms. The van der Waals surface area contributed by atoms with Crippen molar-refractivity contribution < 1.29 is 9.90 Å². The van der Waals surface area contributed by atoms with Crippen LogP contribution in [-0.2, 0) is 5.11 Å². The summed E-state index contributed by atoms with van der Waals surface area (Å²) in [5.74, 6) is -1.23. The molecule has 4 nitrogen and oxygen atoms in total. The van der Waals surface area contributed by atoms with Crippen LogP contribution in [-0.4, -0.2) is 15.9 Å². The molecule has 41 valence electrons. The SMILES string of the molecule is [O]C(=O)c1cnc[nH]1. The molecule has 1 aromatic heterocycles. The van der Waals surface area contributed by atoms with Crippen molar-refractivity contribution in [3.63, 3.8) is 0 Å². The van der Waals surface area contributed by atoms with Crippen molar-refractivity contribution in [3.05, 3.63) is 18.2 Å². The Balaban J connectivity index is 2.93. The van der Waals surface area contributed by atoms with Crippen molar-refractivity contribution >= 4 is 5.97 Å². The lowest BCUT2D eigenvalue weighted by Gasteiger charge is -1.74. The molecule has 1 radical (unpaired) electrons. The average Bonchev–Trinajstić information content (AvgIpc) is 2.12. The summed E-state index contributed by atoms with van der Waals surface area (Å²) in [6, 6.07) is 0. The standard InChI is InChI=1S/C4H3N2O2/c7-4(8)3-1-5-2-6-3/h1-2H,(H,5,6). The highest BCUT2D eigenvalue weighted by Crippen LogP contribution is 1.87. The van der Waals surface area contributed by atoms with E-state index >= 15 is 0 Å². The molecular formula is C4H3N2O2. The maximum absolute atomic E-state index is 9.88. The van der Waals surface area contributed by atoms with E-state index in [4.69, 9.17) is 0 Å². The van der Waals surface area contributed by atoms with E-state index in [1.54, 1.807) is 0 Å². The van der Waals surface area contributed by atoms with Crippen molar-refractivity contribution in [1.29, 1.82) is 0 Å². The van der Waals surface area contributed by atoms with Crippen molar-refractivity contribution in [1.82, 2.24) is 9.97 Å². The quantitative estimate of drug-likeness (QED) is 0.553. The molecule has 0 aromatic carbocycles. The molecule has 0 bridgehead atoms. The Bertz CT molecular complexity index is 180. The Hall–Kier alpha value is -1.32. The number of carbonyl (C=O) groups excluding carboxylic acids is 1. The van der Waals surface area contributed by atoms with Crippen LogP contribution >= 0.6 is 0 Å². The molecule has 0 amide bonds. The monoisotopic (exact) mass is 111 g/mol. The van der Waals surface area contributed by atoms with Gasteiger partial charge in [0, 0.05) is 0 Å². The van der Waals surface area contributed by atoms with E-state index in [1.165, 1.54) is 12.5 Å². The normalized spacial score (nSPS) is 9.00. The number of carbonyl (C=O) groups is 1. The summed E-state index contributed by atoms with van der Waals surface area (Å²) in [7, 11) is 0. The van der Waals surface area contributed by atoms with Gasteiger partial charge in [0.25, 0.3) is 0 Å². The molecule has 1 aromatic rings. The molecule has 0 aliphatic rings. The van der Waals surface area contributed by atoms with Crippen molar-refractivity contribution in [2.45, 2.75) is 0 Å². The van der Waals surface area contributed by atoms with E-state index in [9.17, 15) is 9.90 Å². The molecule has 1 heterocycles. The number of nitrogens with one attached hydrogen (secondary N) is 1. The van der Waals surface area contributed by atoms with Crippen LogP contribution in [0.15, 0.2) is 12.5 Å². The van der Waals surface area contributed by atoms with Crippen molar-refractivity contribution in [3.8, 4) is 0 Å². The van der Waals surface area contributed by atoms with Gasteiger partial charge in [-0.2, -0.15) is 0 Å². The average molecular weight is 111 g/mol. The number of hydrogen-bond acceptors (Lipinski definition) is 2. The maximum Gasteiger partial charge on any atom is 0.403 e. The summed E-state index contributed by atoms with van der Waals surface area (Å²) in [5.41, 5.74) is 0.00463. The Morgan fingerprint density at radius 1 is 1.75 bits per heavy atom. The van der Waals surface area contributed by atoms with Gasteiger partial charge in [-0.15, -0.1) is 0 Å². The second kappa shape index (κ2) is 1.65. The van der Waals surface area contributed by atoms with Gasteiger partial charge in [0.2, 0.25) is 0 Å². The molecular weight excluding hydrogens is 108 g/mol. The van der Waals surface area contributed by atoms with Gasteiger partial charge < -0.3 is 4.98 Å². The van der Waals surface area contributed by atoms with E-state index in [0.29, 0.717) is 0 Å². The van der Waals surface area contributed by atoms with Crippen molar-refractivity contribution in [2.75, 3.05) is 0 Å². The number of aromatic nitrogens is 2. The van der Waals surface area contributed by atoms with Crippen LogP contribution in [0.2, 0.25) is 0 Å².